The monoisotopic (exact) mass is 580 g/mol. The molecule has 0 bridgehead atoms. The summed E-state index contributed by atoms with van der Waals surface area (Å²) in [4.78, 5) is 43.0. The molecule has 1 aromatic heterocycles. The zero-order valence-corrected chi connectivity index (χ0v) is 25.5. The molecule has 3 heterocycles. The third-order valence-electron chi connectivity index (χ3n) is 7.96. The first-order valence-corrected chi connectivity index (χ1v) is 14.7. The maximum atomic E-state index is 13.0. The van der Waals surface area contributed by atoms with Crippen LogP contribution < -0.4 is 9.80 Å². The molecule has 0 radical (unpaired) electrons. The van der Waals surface area contributed by atoms with Crippen molar-refractivity contribution in [3.8, 4) is 0 Å². The van der Waals surface area contributed by atoms with E-state index in [-0.39, 0.29) is 18.0 Å². The van der Waals surface area contributed by atoms with Gasteiger partial charge in [-0.15, -0.1) is 0 Å². The first kappa shape index (κ1) is 30.5. The first-order valence-electron chi connectivity index (χ1n) is 14.3. The molecule has 0 N–H and O–H groups in total. The number of carbonyl (C=O) groups excluding carboxylic acids is 2. The number of nitrogens with zero attached hydrogens (tertiary/aromatic N) is 6. The molecule has 220 valence electrons. The molecule has 0 saturated carbocycles. The lowest BCUT2D eigenvalue weighted by Crippen LogP contribution is -2.55. The lowest BCUT2D eigenvalue weighted by Gasteiger charge is -2.42. The number of rotatable bonds is 8. The van der Waals surface area contributed by atoms with Crippen LogP contribution in [0.2, 0.25) is 5.02 Å². The molecule has 41 heavy (non-hydrogen) atoms. The number of aryl methyl sites for hydroxylation is 2. The smallest absolute Gasteiger partial charge is 0.246 e. The summed E-state index contributed by atoms with van der Waals surface area (Å²) in [6, 6.07) is 8.06. The fraction of sp³-hybridized carbons (Fsp3) is 0.484. The average Bonchev–Trinajstić information content (AvgIpc) is 2.99. The zero-order chi connectivity index (χ0) is 29.7. The van der Waals surface area contributed by atoms with E-state index in [0.717, 1.165) is 36.1 Å². The Bertz CT molecular complexity index is 1290. The van der Waals surface area contributed by atoms with Gasteiger partial charge in [0, 0.05) is 39.3 Å². The number of hydrogen-bond donors (Lipinski definition) is 0. The van der Waals surface area contributed by atoms with Crippen LogP contribution in [-0.2, 0) is 27.2 Å². The Morgan fingerprint density at radius 3 is 2.46 bits per heavy atom. The molecule has 2 atom stereocenters. The summed E-state index contributed by atoms with van der Waals surface area (Å²) in [5.41, 5.74) is 3.62. The van der Waals surface area contributed by atoms with Crippen molar-refractivity contribution in [2.45, 2.75) is 52.6 Å². The number of anilines is 3. The van der Waals surface area contributed by atoms with Gasteiger partial charge < -0.3 is 19.4 Å². The minimum Gasteiger partial charge on any atom is -0.377 e. The number of amidine groups is 1. The number of morpholine rings is 1. The van der Waals surface area contributed by atoms with Gasteiger partial charge in [0.05, 0.1) is 35.5 Å². The second-order valence-corrected chi connectivity index (χ2v) is 10.9. The van der Waals surface area contributed by atoms with Gasteiger partial charge in [-0.25, -0.2) is 4.98 Å². The molecule has 2 amide bonds. The predicted octanol–water partition coefficient (Wildman–Crippen LogP) is 4.47. The van der Waals surface area contributed by atoms with Crippen LogP contribution in [0.5, 0.6) is 0 Å². The number of para-hydroxylation sites is 1. The second-order valence-electron chi connectivity index (χ2n) is 10.5. The molecular formula is C31H41ClN6O3. The van der Waals surface area contributed by atoms with E-state index in [1.54, 1.807) is 16.8 Å². The lowest BCUT2D eigenvalue weighted by molar-refractivity contribution is -0.128. The summed E-state index contributed by atoms with van der Waals surface area (Å²) in [6.07, 6.45) is 3.71. The number of halogens is 1. The van der Waals surface area contributed by atoms with Gasteiger partial charge in [-0.3, -0.25) is 19.5 Å². The normalized spacial score (nSPS) is 19.8. The number of piperazine rings is 1. The van der Waals surface area contributed by atoms with Crippen LogP contribution >= 0.6 is 11.6 Å². The van der Waals surface area contributed by atoms with E-state index in [2.05, 4.69) is 56.2 Å². The van der Waals surface area contributed by atoms with Crippen molar-refractivity contribution < 1.29 is 14.3 Å². The van der Waals surface area contributed by atoms with Crippen molar-refractivity contribution in [2.75, 3.05) is 56.2 Å². The van der Waals surface area contributed by atoms with Crippen molar-refractivity contribution >= 4 is 47.1 Å². The van der Waals surface area contributed by atoms with Crippen molar-refractivity contribution in [2.24, 2.45) is 4.99 Å². The van der Waals surface area contributed by atoms with Crippen LogP contribution in [0.1, 0.15) is 44.4 Å². The largest absolute Gasteiger partial charge is 0.377 e. The van der Waals surface area contributed by atoms with Gasteiger partial charge in [-0.1, -0.05) is 50.2 Å². The van der Waals surface area contributed by atoms with Gasteiger partial charge in [0.15, 0.2) is 5.82 Å². The molecule has 10 heteroatoms. The fourth-order valence-electron chi connectivity index (χ4n) is 5.80. The Hall–Kier alpha value is -3.43. The van der Waals surface area contributed by atoms with E-state index in [0.29, 0.717) is 67.5 Å². The zero-order valence-electron chi connectivity index (χ0n) is 24.8. The van der Waals surface area contributed by atoms with E-state index in [1.165, 1.54) is 6.08 Å². The fourth-order valence-corrected chi connectivity index (χ4v) is 6.06. The van der Waals surface area contributed by atoms with E-state index in [9.17, 15) is 9.59 Å². The Balaban J connectivity index is 1.90. The molecule has 4 rings (SSSR count). The number of aromatic nitrogens is 1. The topological polar surface area (TPSA) is 81.6 Å². The maximum Gasteiger partial charge on any atom is 0.246 e. The predicted molar refractivity (Wildman–Crippen MR) is 166 cm³/mol. The molecule has 2 aromatic rings. The Morgan fingerprint density at radius 1 is 1.20 bits per heavy atom. The third-order valence-corrected chi connectivity index (χ3v) is 8.23. The summed E-state index contributed by atoms with van der Waals surface area (Å²) in [5.74, 6) is 1.68. The number of carbonyl (C=O) groups is 2. The van der Waals surface area contributed by atoms with Gasteiger partial charge in [-0.2, -0.15) is 0 Å². The van der Waals surface area contributed by atoms with Crippen LogP contribution in [0.25, 0.3) is 0 Å². The molecule has 2 saturated heterocycles. The van der Waals surface area contributed by atoms with Crippen molar-refractivity contribution in [3.63, 3.8) is 0 Å². The Kier molecular flexibility index (Phi) is 10.0. The summed E-state index contributed by atoms with van der Waals surface area (Å²) < 4.78 is 5.67. The van der Waals surface area contributed by atoms with E-state index >= 15 is 0 Å². The molecule has 2 fully saturated rings. The SMILES string of the molecule is C=CC(=O)N1CCN(C(=NC)c2cc(Cl)c(N3CCOCC3C)nc2N(C=O)c2c(CC)cccc2CC)C(C)C1. The molecule has 2 aliphatic rings. The van der Waals surface area contributed by atoms with E-state index < -0.39 is 0 Å². The summed E-state index contributed by atoms with van der Waals surface area (Å²) in [6.45, 7) is 15.4. The van der Waals surface area contributed by atoms with Gasteiger partial charge in [0.2, 0.25) is 12.3 Å². The van der Waals surface area contributed by atoms with Crippen molar-refractivity contribution in [1.82, 2.24) is 14.8 Å². The van der Waals surface area contributed by atoms with Gasteiger partial charge >= 0.3 is 0 Å². The van der Waals surface area contributed by atoms with Crippen LogP contribution in [0.3, 0.4) is 0 Å². The minimum atomic E-state index is -0.0868. The van der Waals surface area contributed by atoms with Crippen molar-refractivity contribution in [1.29, 1.82) is 0 Å². The number of ether oxygens (including phenoxy) is 1. The summed E-state index contributed by atoms with van der Waals surface area (Å²) in [7, 11) is 1.74. The lowest BCUT2D eigenvalue weighted by atomic mass is 10.0. The van der Waals surface area contributed by atoms with E-state index in [4.69, 9.17) is 26.3 Å². The highest BCUT2D eigenvalue weighted by Gasteiger charge is 2.33. The molecule has 9 nitrogen and oxygen atoms in total. The summed E-state index contributed by atoms with van der Waals surface area (Å²) in [5, 5.41) is 0.483. The number of aliphatic imine (C=N–C) groups is 1. The molecule has 2 aliphatic heterocycles. The van der Waals surface area contributed by atoms with Crippen LogP contribution in [0.15, 0.2) is 41.9 Å². The molecule has 1 aromatic carbocycles. The highest BCUT2D eigenvalue weighted by atomic mass is 35.5. The number of amides is 2. The number of hydrogen-bond acceptors (Lipinski definition) is 6. The molecular weight excluding hydrogens is 540 g/mol. The highest BCUT2D eigenvalue weighted by molar-refractivity contribution is 6.33. The standard InChI is InChI=1S/C31H41ClN6O3/c1-7-23-11-10-12-24(8-2)28(23)38(20-39)30-25(17-26(32)31(34-30)37-15-16-41-19-22(37)5)29(33-6)36-14-13-35(18-21(36)4)27(40)9-3/h9-12,17,20-22H,3,7-8,13-16,18-19H2,1-2,4-6H3. The van der Waals surface area contributed by atoms with Crippen LogP contribution in [-0.4, -0.2) is 91.5 Å². The van der Waals surface area contributed by atoms with Crippen LogP contribution in [0.4, 0.5) is 17.3 Å². The Morgan fingerprint density at radius 2 is 1.90 bits per heavy atom. The molecule has 0 spiro atoms. The van der Waals surface area contributed by atoms with Gasteiger partial charge in [-0.05, 0) is 50.0 Å². The van der Waals surface area contributed by atoms with Gasteiger partial charge in [0.25, 0.3) is 0 Å². The first-order chi connectivity index (χ1) is 19.8. The average molecular weight is 581 g/mol. The summed E-state index contributed by atoms with van der Waals surface area (Å²) >= 11 is 6.98. The molecule has 0 aliphatic carbocycles. The number of benzene rings is 1. The highest BCUT2D eigenvalue weighted by Crippen LogP contribution is 2.38. The van der Waals surface area contributed by atoms with Crippen molar-refractivity contribution in [3.05, 3.63) is 58.6 Å². The van der Waals surface area contributed by atoms with E-state index in [1.807, 2.05) is 12.1 Å². The molecule has 2 unspecified atom stereocenters. The minimum absolute atomic E-state index is 0.0317. The quantitative estimate of drug-likeness (QED) is 0.198. The third kappa shape index (κ3) is 6.11. The second kappa shape index (κ2) is 13.5. The van der Waals surface area contributed by atoms with Crippen LogP contribution in [0, 0.1) is 0 Å². The number of pyridine rings is 1. The Labute approximate surface area is 248 Å². The van der Waals surface area contributed by atoms with Gasteiger partial charge in [0.1, 0.15) is 11.7 Å². The maximum absolute atomic E-state index is 13.0.